The quantitative estimate of drug-likeness (QED) is 0.566. The van der Waals surface area contributed by atoms with Gasteiger partial charge in [0.1, 0.15) is 5.75 Å². The molecule has 1 rings (SSSR count). The van der Waals surface area contributed by atoms with Crippen molar-refractivity contribution in [1.29, 1.82) is 0 Å². The number of methoxy groups -OCH3 is 1. The summed E-state index contributed by atoms with van der Waals surface area (Å²) in [6.45, 7) is 4.09. The average Bonchev–Trinajstić information content (AvgIpc) is 2.50. The van der Waals surface area contributed by atoms with Crippen LogP contribution in [0.15, 0.2) is 17.1 Å². The van der Waals surface area contributed by atoms with Crippen molar-refractivity contribution < 1.29 is 31.4 Å². The van der Waals surface area contributed by atoms with Crippen molar-refractivity contribution in [3.8, 4) is 5.75 Å². The number of nitrogens with zero attached hydrogens (tertiary/aromatic N) is 2. The van der Waals surface area contributed by atoms with E-state index in [2.05, 4.69) is 4.99 Å². The largest absolute Gasteiger partial charge is 0.496 e. The van der Waals surface area contributed by atoms with Gasteiger partial charge in [-0.15, -0.1) is 0 Å². The molecule has 10 heteroatoms. The van der Waals surface area contributed by atoms with Gasteiger partial charge in [0.2, 0.25) is 5.60 Å². The molecule has 0 aliphatic rings. The molecule has 0 fully saturated rings. The highest BCUT2D eigenvalue weighted by atomic mass is 32.2. The minimum atomic E-state index is -5.22. The molecule has 1 atom stereocenters. The third-order valence-corrected chi connectivity index (χ3v) is 4.74. The summed E-state index contributed by atoms with van der Waals surface area (Å²) in [6.07, 6.45) is -3.08. The molecule has 1 aromatic carbocycles. The fourth-order valence-corrected chi connectivity index (χ4v) is 3.32. The van der Waals surface area contributed by atoms with Crippen LogP contribution in [0.3, 0.4) is 0 Å². The van der Waals surface area contributed by atoms with E-state index in [4.69, 9.17) is 4.74 Å². The maximum atomic E-state index is 13.6. The van der Waals surface area contributed by atoms with E-state index in [0.29, 0.717) is 24.1 Å². The van der Waals surface area contributed by atoms with Crippen LogP contribution >= 0.6 is 0 Å². The molecule has 0 saturated heterocycles. The Balaban J connectivity index is 3.59. The van der Waals surface area contributed by atoms with Crippen molar-refractivity contribution in [3.63, 3.8) is 0 Å². The number of aryl methyl sites for hydroxylation is 1. The number of hydrogen-bond donors (Lipinski definition) is 1. The number of aliphatic imine (C=N–C) groups is 1. The molecule has 0 aromatic heterocycles. The van der Waals surface area contributed by atoms with Crippen LogP contribution in [0.4, 0.5) is 18.9 Å². The predicted molar refractivity (Wildman–Crippen MR) is 93.8 cm³/mol. The molecule has 26 heavy (non-hydrogen) atoms. The standard InChI is InChI=1S/C16H23F3N2O4S/c1-6-21(3)10-20-13-8-14(25-4)12(7-11(13)2)15(22,16(17,18)19)9-26(5,23)24/h7-8,10,22H,6,9H2,1-5H3/b20-10+. The fourth-order valence-electron chi connectivity index (χ4n) is 2.24. The highest BCUT2D eigenvalue weighted by molar-refractivity contribution is 7.90. The van der Waals surface area contributed by atoms with E-state index in [-0.39, 0.29) is 5.75 Å². The predicted octanol–water partition coefficient (Wildman–Crippen LogP) is 2.41. The van der Waals surface area contributed by atoms with Crippen molar-refractivity contribution in [2.24, 2.45) is 4.99 Å². The molecule has 0 amide bonds. The van der Waals surface area contributed by atoms with E-state index in [0.717, 1.165) is 13.2 Å². The average molecular weight is 396 g/mol. The minimum Gasteiger partial charge on any atom is -0.496 e. The van der Waals surface area contributed by atoms with E-state index in [1.165, 1.54) is 19.3 Å². The second kappa shape index (κ2) is 7.83. The Morgan fingerprint density at radius 3 is 2.35 bits per heavy atom. The fraction of sp³-hybridized carbons (Fsp3) is 0.562. The van der Waals surface area contributed by atoms with Gasteiger partial charge in [-0.05, 0) is 25.5 Å². The lowest BCUT2D eigenvalue weighted by molar-refractivity contribution is -0.257. The molecule has 0 radical (unpaired) electrons. The zero-order valence-corrected chi connectivity index (χ0v) is 16.1. The Kier molecular flexibility index (Phi) is 6.69. The zero-order chi connectivity index (χ0) is 20.3. The summed E-state index contributed by atoms with van der Waals surface area (Å²) in [7, 11) is -1.24. The van der Waals surface area contributed by atoms with Gasteiger partial charge >= 0.3 is 6.18 Å². The third kappa shape index (κ3) is 5.10. The van der Waals surface area contributed by atoms with E-state index >= 15 is 0 Å². The first-order valence-corrected chi connectivity index (χ1v) is 9.71. The van der Waals surface area contributed by atoms with E-state index in [1.54, 1.807) is 11.9 Å². The summed E-state index contributed by atoms with van der Waals surface area (Å²) >= 11 is 0. The third-order valence-electron chi connectivity index (χ3n) is 3.80. The minimum absolute atomic E-state index is 0.301. The number of rotatable bonds is 7. The maximum Gasteiger partial charge on any atom is 0.422 e. The Morgan fingerprint density at radius 1 is 1.35 bits per heavy atom. The van der Waals surface area contributed by atoms with Gasteiger partial charge in [0.25, 0.3) is 0 Å². The van der Waals surface area contributed by atoms with E-state index < -0.39 is 32.9 Å². The van der Waals surface area contributed by atoms with E-state index in [1.807, 2.05) is 6.92 Å². The first-order chi connectivity index (χ1) is 11.7. The van der Waals surface area contributed by atoms with Gasteiger partial charge in [-0.25, -0.2) is 13.4 Å². The summed E-state index contributed by atoms with van der Waals surface area (Å²) in [5.74, 6) is -1.81. The monoisotopic (exact) mass is 396 g/mol. The first kappa shape index (κ1) is 22.2. The molecule has 0 bridgehead atoms. The molecular weight excluding hydrogens is 373 g/mol. The molecule has 0 spiro atoms. The highest BCUT2D eigenvalue weighted by Crippen LogP contribution is 2.45. The summed E-state index contributed by atoms with van der Waals surface area (Å²) in [4.78, 5) is 5.94. The Morgan fingerprint density at radius 2 is 1.92 bits per heavy atom. The van der Waals surface area contributed by atoms with Crippen molar-refractivity contribution in [2.75, 3.05) is 32.7 Å². The van der Waals surface area contributed by atoms with Gasteiger partial charge in [0, 0.05) is 31.5 Å². The number of aliphatic hydroxyl groups is 1. The van der Waals surface area contributed by atoms with Crippen LogP contribution < -0.4 is 4.74 Å². The Hall–Kier alpha value is -1.81. The summed E-state index contributed by atoms with van der Waals surface area (Å²) in [5.41, 5.74) is -3.59. The van der Waals surface area contributed by atoms with Crippen LogP contribution in [0.2, 0.25) is 0 Å². The SMILES string of the molecule is CCN(C)/C=N/c1cc(OC)c(C(O)(CS(C)(=O)=O)C(F)(F)F)cc1C. The highest BCUT2D eigenvalue weighted by Gasteiger charge is 2.58. The number of halogens is 3. The molecule has 1 N–H and O–H groups in total. The topological polar surface area (TPSA) is 79.2 Å². The Labute approximate surface area is 151 Å². The van der Waals surface area contributed by atoms with Crippen molar-refractivity contribution in [1.82, 2.24) is 4.90 Å². The second-order valence-corrected chi connectivity index (χ2v) is 8.23. The van der Waals surface area contributed by atoms with Crippen molar-refractivity contribution >= 4 is 21.9 Å². The van der Waals surface area contributed by atoms with Crippen LogP contribution in [0.25, 0.3) is 0 Å². The van der Waals surface area contributed by atoms with Gasteiger partial charge in [-0.2, -0.15) is 13.2 Å². The molecular formula is C16H23F3N2O4S. The Bertz CT molecular complexity index is 778. The molecule has 148 valence electrons. The molecule has 1 unspecified atom stereocenters. The molecule has 0 aliphatic heterocycles. The lowest BCUT2D eigenvalue weighted by atomic mass is 9.92. The van der Waals surface area contributed by atoms with Crippen LogP contribution in [-0.2, 0) is 15.4 Å². The summed E-state index contributed by atoms with van der Waals surface area (Å²) in [6, 6.07) is 2.29. The number of alkyl halides is 3. The van der Waals surface area contributed by atoms with Gasteiger partial charge in [-0.3, -0.25) is 0 Å². The van der Waals surface area contributed by atoms with E-state index in [9.17, 15) is 26.7 Å². The number of ether oxygens (including phenoxy) is 1. The summed E-state index contributed by atoms with van der Waals surface area (Å²) < 4.78 is 68.7. The van der Waals surface area contributed by atoms with Crippen LogP contribution in [0, 0.1) is 6.92 Å². The lowest BCUT2D eigenvalue weighted by Crippen LogP contribution is -2.47. The van der Waals surface area contributed by atoms with Crippen LogP contribution in [0.1, 0.15) is 18.1 Å². The first-order valence-electron chi connectivity index (χ1n) is 7.65. The molecule has 0 aliphatic carbocycles. The summed E-state index contributed by atoms with van der Waals surface area (Å²) in [5, 5.41) is 10.3. The van der Waals surface area contributed by atoms with Gasteiger partial charge < -0.3 is 14.7 Å². The number of benzene rings is 1. The van der Waals surface area contributed by atoms with Gasteiger partial charge in [0.15, 0.2) is 9.84 Å². The maximum absolute atomic E-state index is 13.6. The number of sulfone groups is 1. The van der Waals surface area contributed by atoms with Crippen molar-refractivity contribution in [2.45, 2.75) is 25.6 Å². The molecule has 0 saturated carbocycles. The van der Waals surface area contributed by atoms with Crippen molar-refractivity contribution in [3.05, 3.63) is 23.3 Å². The molecule has 0 heterocycles. The normalized spacial score (nSPS) is 15.1. The lowest BCUT2D eigenvalue weighted by Gasteiger charge is -2.31. The smallest absolute Gasteiger partial charge is 0.422 e. The molecule has 1 aromatic rings. The second-order valence-electron chi connectivity index (χ2n) is 6.08. The van der Waals surface area contributed by atoms with Crippen LogP contribution in [-0.4, -0.2) is 63.6 Å². The number of hydrogen-bond acceptors (Lipinski definition) is 5. The van der Waals surface area contributed by atoms with Gasteiger partial charge in [0.05, 0.1) is 24.9 Å². The molecule has 6 nitrogen and oxygen atoms in total. The van der Waals surface area contributed by atoms with Gasteiger partial charge in [-0.1, -0.05) is 0 Å². The zero-order valence-electron chi connectivity index (χ0n) is 15.3. The van der Waals surface area contributed by atoms with Crippen LogP contribution in [0.5, 0.6) is 5.75 Å².